The molecule has 0 amide bonds. The number of hydrogen-bond donors (Lipinski definition) is 2. The zero-order valence-corrected chi connectivity index (χ0v) is 20.2. The molecule has 0 aromatic heterocycles. The molecule has 2 fully saturated rings. The largest absolute Gasteiger partial charge is 0.457 e. The van der Waals surface area contributed by atoms with Gasteiger partial charge in [-0.2, -0.15) is 0 Å². The molecule has 2 aromatic carbocycles. The van der Waals surface area contributed by atoms with Crippen LogP contribution in [0.25, 0.3) is 0 Å². The van der Waals surface area contributed by atoms with E-state index in [0.717, 1.165) is 53.6 Å². The van der Waals surface area contributed by atoms with Crippen LogP contribution >= 0.6 is 23.5 Å². The summed E-state index contributed by atoms with van der Waals surface area (Å²) in [5.74, 6) is 10.9. The van der Waals surface area contributed by atoms with Crippen molar-refractivity contribution in [2.24, 2.45) is 11.8 Å². The van der Waals surface area contributed by atoms with E-state index in [1.54, 1.807) is 0 Å². The van der Waals surface area contributed by atoms with Crippen LogP contribution in [0, 0.1) is 23.7 Å². The van der Waals surface area contributed by atoms with Gasteiger partial charge in [0.25, 0.3) is 0 Å². The Bertz CT molecular complexity index is 970. The Labute approximate surface area is 200 Å². The van der Waals surface area contributed by atoms with Crippen molar-refractivity contribution < 1.29 is 9.84 Å². The minimum absolute atomic E-state index is 0.252. The molecule has 2 atom stereocenters. The van der Waals surface area contributed by atoms with Gasteiger partial charge in [-0.1, -0.05) is 36.4 Å². The second-order valence-electron chi connectivity index (χ2n) is 8.87. The Morgan fingerprint density at radius 3 is 2.31 bits per heavy atom. The lowest BCUT2D eigenvalue weighted by Crippen LogP contribution is -2.58. The molecule has 168 valence electrons. The van der Waals surface area contributed by atoms with Crippen LogP contribution in [0.1, 0.15) is 43.7 Å². The molecule has 2 N–H and O–H groups in total. The monoisotopic (exact) mass is 465 g/mol. The van der Waals surface area contributed by atoms with E-state index < -0.39 is 9.68 Å². The highest BCUT2D eigenvalue weighted by atomic mass is 32.2. The predicted octanol–water partition coefficient (Wildman–Crippen LogP) is 5.62. The molecule has 0 spiro atoms. The third kappa shape index (κ3) is 3.56. The fraction of sp³-hybridized carbons (Fsp3) is 0.481. The Kier molecular flexibility index (Phi) is 6.49. The minimum atomic E-state index is -1.16. The number of fused-ring (bicyclic) bond motifs is 2. The maximum absolute atomic E-state index is 13.1. The second-order valence-corrected chi connectivity index (χ2v) is 11.8. The summed E-state index contributed by atoms with van der Waals surface area (Å²) in [5, 5.41) is 16.7. The Balaban J connectivity index is 1.74. The van der Waals surface area contributed by atoms with Gasteiger partial charge in [0.05, 0.1) is 0 Å². The molecule has 32 heavy (non-hydrogen) atoms. The summed E-state index contributed by atoms with van der Waals surface area (Å²) in [7, 11) is 0. The van der Waals surface area contributed by atoms with Gasteiger partial charge in [-0.15, -0.1) is 35.4 Å². The summed E-state index contributed by atoms with van der Waals surface area (Å²) < 4.78 is 5.86. The number of aliphatic hydroxyl groups is 1. The average molecular weight is 466 g/mol. The molecule has 0 saturated carbocycles. The Morgan fingerprint density at radius 2 is 1.72 bits per heavy atom. The maximum atomic E-state index is 13.1. The fourth-order valence-corrected chi connectivity index (χ4v) is 9.67. The van der Waals surface area contributed by atoms with E-state index in [1.165, 1.54) is 19.3 Å². The summed E-state index contributed by atoms with van der Waals surface area (Å²) >= 11 is 3.91. The Hall–Kier alpha value is -1.58. The van der Waals surface area contributed by atoms with Crippen molar-refractivity contribution in [1.29, 1.82) is 0 Å². The van der Waals surface area contributed by atoms with Crippen molar-refractivity contribution in [3.8, 4) is 23.3 Å². The van der Waals surface area contributed by atoms with Crippen molar-refractivity contribution in [3.05, 3.63) is 59.7 Å². The molecule has 5 heteroatoms. The molecule has 0 bridgehead atoms. The van der Waals surface area contributed by atoms with E-state index in [9.17, 15) is 5.11 Å². The summed E-state index contributed by atoms with van der Waals surface area (Å²) in [4.78, 5) is 0. The van der Waals surface area contributed by atoms with E-state index in [4.69, 9.17) is 4.74 Å². The molecular formula is C27H31NO2S2. The highest BCUT2D eigenvalue weighted by molar-refractivity contribution is 8.18. The van der Waals surface area contributed by atoms with Gasteiger partial charge in [-0.3, -0.25) is 0 Å². The van der Waals surface area contributed by atoms with E-state index >= 15 is 0 Å². The lowest BCUT2D eigenvalue weighted by molar-refractivity contribution is 0.0243. The number of nitrogens with one attached hydrogen (secondary N) is 1. The molecule has 3 aliphatic heterocycles. The molecule has 5 rings (SSSR count). The van der Waals surface area contributed by atoms with Crippen LogP contribution in [0.5, 0.6) is 11.5 Å². The first-order valence-corrected chi connectivity index (χ1v) is 13.7. The van der Waals surface area contributed by atoms with Gasteiger partial charge in [-0.05, 0) is 68.8 Å². The molecular weight excluding hydrogens is 434 g/mol. The van der Waals surface area contributed by atoms with Crippen LogP contribution in [0.15, 0.2) is 48.5 Å². The van der Waals surface area contributed by atoms with E-state index in [2.05, 4.69) is 29.3 Å². The third-order valence-electron chi connectivity index (χ3n) is 7.09. The fourth-order valence-electron chi connectivity index (χ4n) is 5.63. The maximum Gasteiger partial charge on any atom is 0.146 e. The van der Waals surface area contributed by atoms with Gasteiger partial charge < -0.3 is 15.2 Å². The molecule has 0 radical (unpaired) electrons. The lowest BCUT2D eigenvalue weighted by atomic mass is 9.70. The van der Waals surface area contributed by atoms with E-state index in [0.29, 0.717) is 5.92 Å². The van der Waals surface area contributed by atoms with Crippen LogP contribution in [0.3, 0.4) is 0 Å². The number of piperidine rings is 1. The van der Waals surface area contributed by atoms with Crippen molar-refractivity contribution in [2.75, 3.05) is 24.6 Å². The summed E-state index contributed by atoms with van der Waals surface area (Å²) in [6, 6.07) is 16.1. The number of thioether (sulfide) groups is 2. The summed E-state index contributed by atoms with van der Waals surface area (Å²) in [6.45, 7) is 4.01. The van der Waals surface area contributed by atoms with Crippen molar-refractivity contribution >= 4 is 23.5 Å². The van der Waals surface area contributed by atoms with Crippen LogP contribution in [-0.2, 0) is 5.60 Å². The zero-order valence-electron chi connectivity index (χ0n) is 18.6. The number of ether oxygens (including phenoxy) is 1. The first-order chi connectivity index (χ1) is 15.7. The molecule has 3 heterocycles. The van der Waals surface area contributed by atoms with Gasteiger partial charge in [0.15, 0.2) is 0 Å². The van der Waals surface area contributed by atoms with Gasteiger partial charge in [0.1, 0.15) is 21.2 Å². The van der Waals surface area contributed by atoms with Gasteiger partial charge in [-0.25, -0.2) is 0 Å². The minimum Gasteiger partial charge on any atom is -0.457 e. The quantitative estimate of drug-likeness (QED) is 0.573. The van der Waals surface area contributed by atoms with E-state index in [-0.39, 0.29) is 5.92 Å². The average Bonchev–Trinajstić information content (AvgIpc) is 2.85. The summed E-state index contributed by atoms with van der Waals surface area (Å²) in [5.41, 5.74) is 0.615. The van der Waals surface area contributed by atoms with Crippen LogP contribution in [0.2, 0.25) is 0 Å². The molecule has 2 aromatic rings. The first kappa shape index (κ1) is 22.2. The molecule has 2 saturated heterocycles. The molecule has 0 aliphatic carbocycles. The van der Waals surface area contributed by atoms with Gasteiger partial charge in [0.2, 0.25) is 0 Å². The molecule has 3 nitrogen and oxygen atoms in total. The van der Waals surface area contributed by atoms with Crippen LogP contribution < -0.4 is 10.1 Å². The molecule has 3 aliphatic rings. The van der Waals surface area contributed by atoms with Gasteiger partial charge in [0, 0.05) is 23.5 Å². The zero-order chi connectivity index (χ0) is 22.0. The standard InChI is InChI=1S/C27H31NO2S2/c1-2-3-11-21(20-10-8-16-28-19-20)27(31-17-9-18-32-27)26(29)22-12-4-6-14-24(22)30-25-15-7-5-13-23(25)26/h4-7,12-15,20-21,28-29H,8-11,16-19H2,1H3. The topological polar surface area (TPSA) is 41.5 Å². The normalized spacial score (nSPS) is 24.1. The Morgan fingerprint density at radius 1 is 1.06 bits per heavy atom. The lowest BCUT2D eigenvalue weighted by Gasteiger charge is -2.56. The number of rotatable bonds is 4. The predicted molar refractivity (Wildman–Crippen MR) is 135 cm³/mol. The van der Waals surface area contributed by atoms with Crippen LogP contribution in [0.4, 0.5) is 0 Å². The van der Waals surface area contributed by atoms with Crippen LogP contribution in [-0.4, -0.2) is 33.8 Å². The van der Waals surface area contributed by atoms with Gasteiger partial charge >= 0.3 is 0 Å². The van der Waals surface area contributed by atoms with Crippen molar-refractivity contribution in [3.63, 3.8) is 0 Å². The number of hydrogen-bond acceptors (Lipinski definition) is 5. The second kappa shape index (κ2) is 9.35. The smallest absolute Gasteiger partial charge is 0.146 e. The highest BCUT2D eigenvalue weighted by Crippen LogP contribution is 2.66. The number of para-hydroxylation sites is 2. The van der Waals surface area contributed by atoms with Crippen molar-refractivity contribution in [2.45, 2.75) is 42.3 Å². The third-order valence-corrected chi connectivity index (χ3v) is 10.8. The van der Waals surface area contributed by atoms with Crippen molar-refractivity contribution in [1.82, 2.24) is 5.32 Å². The SMILES string of the molecule is CC#CCC(C1CCCNC1)C1(C2(O)c3ccccc3Oc3ccccc32)SCCCS1. The molecule has 2 unspecified atom stereocenters. The van der Waals surface area contributed by atoms with E-state index in [1.807, 2.05) is 66.8 Å². The summed E-state index contributed by atoms with van der Waals surface area (Å²) in [6.07, 6.45) is 4.33. The highest BCUT2D eigenvalue weighted by Gasteiger charge is 2.62. The number of benzene rings is 2. The first-order valence-electron chi connectivity index (χ1n) is 11.7.